The molecular formula is C43H33N. The number of para-hydroxylation sites is 1. The van der Waals surface area contributed by atoms with E-state index in [1.165, 1.54) is 55.3 Å². The molecule has 1 heteroatoms. The molecule has 0 fully saturated rings. The van der Waals surface area contributed by atoms with Crippen LogP contribution in [0.2, 0.25) is 0 Å². The summed E-state index contributed by atoms with van der Waals surface area (Å²) in [7, 11) is 0. The van der Waals surface area contributed by atoms with Crippen LogP contribution in [0, 0.1) is 0 Å². The minimum Gasteiger partial charge on any atom is -0.310 e. The van der Waals surface area contributed by atoms with Gasteiger partial charge in [0, 0.05) is 22.4 Å². The lowest BCUT2D eigenvalue weighted by atomic mass is 9.82. The van der Waals surface area contributed by atoms with Crippen LogP contribution in [0.15, 0.2) is 164 Å². The fourth-order valence-electron chi connectivity index (χ4n) is 7.06. The highest BCUT2D eigenvalue weighted by molar-refractivity contribution is 5.99. The van der Waals surface area contributed by atoms with Crippen molar-refractivity contribution in [1.29, 1.82) is 0 Å². The van der Waals surface area contributed by atoms with E-state index in [0.29, 0.717) is 0 Å². The van der Waals surface area contributed by atoms with Crippen molar-refractivity contribution >= 4 is 27.8 Å². The summed E-state index contributed by atoms with van der Waals surface area (Å²) in [6, 6.07) is 59.7. The summed E-state index contributed by atoms with van der Waals surface area (Å²) in [5.74, 6) is 0. The molecule has 0 N–H and O–H groups in total. The molecule has 0 saturated heterocycles. The first-order valence-electron chi connectivity index (χ1n) is 15.4. The summed E-state index contributed by atoms with van der Waals surface area (Å²) < 4.78 is 0. The van der Waals surface area contributed by atoms with E-state index in [9.17, 15) is 0 Å². The molecule has 210 valence electrons. The zero-order valence-electron chi connectivity index (χ0n) is 25.0. The molecule has 0 aromatic heterocycles. The van der Waals surface area contributed by atoms with Gasteiger partial charge in [-0.1, -0.05) is 147 Å². The van der Waals surface area contributed by atoms with Crippen molar-refractivity contribution in [2.75, 3.05) is 4.90 Å². The van der Waals surface area contributed by atoms with Gasteiger partial charge in [-0.25, -0.2) is 0 Å². The lowest BCUT2D eigenvalue weighted by Gasteiger charge is -2.30. The molecule has 1 aliphatic carbocycles. The second kappa shape index (κ2) is 10.4. The molecule has 0 amide bonds. The van der Waals surface area contributed by atoms with Crippen molar-refractivity contribution in [2.24, 2.45) is 0 Å². The zero-order valence-corrected chi connectivity index (χ0v) is 25.0. The van der Waals surface area contributed by atoms with Gasteiger partial charge >= 0.3 is 0 Å². The highest BCUT2D eigenvalue weighted by Gasteiger charge is 2.35. The summed E-state index contributed by atoms with van der Waals surface area (Å²) in [5.41, 5.74) is 13.6. The largest absolute Gasteiger partial charge is 0.310 e. The van der Waals surface area contributed by atoms with Gasteiger partial charge in [0.05, 0.1) is 5.69 Å². The topological polar surface area (TPSA) is 3.24 Å². The second-order valence-corrected chi connectivity index (χ2v) is 12.2. The van der Waals surface area contributed by atoms with Crippen LogP contribution in [0.3, 0.4) is 0 Å². The first-order chi connectivity index (χ1) is 21.6. The molecule has 0 bridgehead atoms. The molecule has 8 rings (SSSR count). The third-order valence-corrected chi connectivity index (χ3v) is 9.26. The Labute approximate surface area is 259 Å². The first kappa shape index (κ1) is 26.2. The molecule has 0 spiro atoms. The number of fused-ring (bicyclic) bond motifs is 4. The van der Waals surface area contributed by atoms with Crippen LogP contribution < -0.4 is 4.90 Å². The molecule has 0 saturated carbocycles. The monoisotopic (exact) mass is 563 g/mol. The average Bonchev–Trinajstić information content (AvgIpc) is 3.31. The number of anilines is 3. The molecule has 0 radical (unpaired) electrons. The summed E-state index contributed by atoms with van der Waals surface area (Å²) in [5, 5.41) is 2.51. The fourth-order valence-corrected chi connectivity index (χ4v) is 7.06. The standard InChI is InChI=1S/C43H33N/c1-43(2)40-23-12-11-21-38(40)39-27-25-34(29-41(39)43)44(33-18-7-4-8-19-33)42-28-32(24-26-37(42)31-14-5-3-6-15-31)36-22-13-17-30-16-9-10-20-35(30)36/h3-29H,1-2H3. The van der Waals surface area contributed by atoms with Gasteiger partial charge < -0.3 is 4.90 Å². The molecule has 0 aliphatic heterocycles. The Morgan fingerprint density at radius 3 is 1.89 bits per heavy atom. The van der Waals surface area contributed by atoms with Crippen LogP contribution in [-0.2, 0) is 5.41 Å². The van der Waals surface area contributed by atoms with Crippen molar-refractivity contribution in [1.82, 2.24) is 0 Å². The van der Waals surface area contributed by atoms with Crippen molar-refractivity contribution in [2.45, 2.75) is 19.3 Å². The Morgan fingerprint density at radius 2 is 1.05 bits per heavy atom. The molecular weight excluding hydrogens is 530 g/mol. The van der Waals surface area contributed by atoms with E-state index in [0.717, 1.165) is 17.1 Å². The maximum Gasteiger partial charge on any atom is 0.0546 e. The molecule has 0 unspecified atom stereocenters. The SMILES string of the molecule is CC1(C)c2ccccc2-c2ccc(N(c3ccccc3)c3cc(-c4cccc5ccccc45)ccc3-c3ccccc3)cc21. The number of rotatable bonds is 5. The van der Waals surface area contributed by atoms with Crippen LogP contribution in [0.4, 0.5) is 17.1 Å². The number of benzene rings is 7. The highest BCUT2D eigenvalue weighted by Crippen LogP contribution is 2.51. The van der Waals surface area contributed by atoms with Crippen LogP contribution >= 0.6 is 0 Å². The summed E-state index contributed by atoms with van der Waals surface area (Å²) >= 11 is 0. The summed E-state index contributed by atoms with van der Waals surface area (Å²) in [6.07, 6.45) is 0. The number of hydrogen-bond donors (Lipinski definition) is 0. The van der Waals surface area contributed by atoms with E-state index >= 15 is 0 Å². The van der Waals surface area contributed by atoms with Gasteiger partial charge in [0.1, 0.15) is 0 Å². The summed E-state index contributed by atoms with van der Waals surface area (Å²) in [6.45, 7) is 4.70. The van der Waals surface area contributed by atoms with Crippen LogP contribution in [0.25, 0.3) is 44.2 Å². The second-order valence-electron chi connectivity index (χ2n) is 12.2. The Hall–Kier alpha value is -5.40. The lowest BCUT2D eigenvalue weighted by Crippen LogP contribution is -2.17. The van der Waals surface area contributed by atoms with E-state index < -0.39 is 0 Å². The van der Waals surface area contributed by atoms with E-state index in [1.54, 1.807) is 0 Å². The first-order valence-corrected chi connectivity index (χ1v) is 15.4. The van der Waals surface area contributed by atoms with E-state index in [4.69, 9.17) is 0 Å². The Morgan fingerprint density at radius 1 is 0.409 bits per heavy atom. The zero-order chi connectivity index (χ0) is 29.7. The van der Waals surface area contributed by atoms with Gasteiger partial charge in [-0.15, -0.1) is 0 Å². The normalized spacial score (nSPS) is 13.0. The van der Waals surface area contributed by atoms with Crippen LogP contribution in [-0.4, -0.2) is 0 Å². The maximum absolute atomic E-state index is 2.44. The predicted molar refractivity (Wildman–Crippen MR) is 187 cm³/mol. The van der Waals surface area contributed by atoms with Gasteiger partial charge in [-0.05, 0) is 80.0 Å². The molecule has 7 aromatic carbocycles. The smallest absolute Gasteiger partial charge is 0.0546 e. The average molecular weight is 564 g/mol. The molecule has 44 heavy (non-hydrogen) atoms. The minimum atomic E-state index is -0.0860. The lowest BCUT2D eigenvalue weighted by molar-refractivity contribution is 0.660. The summed E-state index contributed by atoms with van der Waals surface area (Å²) in [4.78, 5) is 2.44. The number of nitrogens with zero attached hydrogens (tertiary/aromatic N) is 1. The Bertz CT molecular complexity index is 2140. The van der Waals surface area contributed by atoms with Crippen molar-refractivity contribution < 1.29 is 0 Å². The molecule has 0 atom stereocenters. The third-order valence-electron chi connectivity index (χ3n) is 9.26. The third kappa shape index (κ3) is 4.24. The molecule has 1 nitrogen and oxygen atoms in total. The van der Waals surface area contributed by atoms with Crippen molar-refractivity contribution in [3.05, 3.63) is 175 Å². The minimum absolute atomic E-state index is 0.0860. The van der Waals surface area contributed by atoms with Gasteiger partial charge in [-0.3, -0.25) is 0 Å². The van der Waals surface area contributed by atoms with E-state index in [2.05, 4.69) is 183 Å². The Balaban J connectivity index is 1.39. The van der Waals surface area contributed by atoms with Gasteiger partial charge in [0.2, 0.25) is 0 Å². The van der Waals surface area contributed by atoms with Gasteiger partial charge in [0.25, 0.3) is 0 Å². The van der Waals surface area contributed by atoms with E-state index in [-0.39, 0.29) is 5.41 Å². The fraction of sp³-hybridized carbons (Fsp3) is 0.0698. The molecule has 1 aliphatic rings. The molecule has 0 heterocycles. The van der Waals surface area contributed by atoms with Crippen molar-refractivity contribution in [3.63, 3.8) is 0 Å². The van der Waals surface area contributed by atoms with Crippen molar-refractivity contribution in [3.8, 4) is 33.4 Å². The van der Waals surface area contributed by atoms with E-state index in [1.807, 2.05) is 0 Å². The number of hydrogen-bond acceptors (Lipinski definition) is 1. The quantitative estimate of drug-likeness (QED) is 0.201. The predicted octanol–water partition coefficient (Wildman–Crippen LogP) is 11.9. The van der Waals surface area contributed by atoms with Crippen LogP contribution in [0.5, 0.6) is 0 Å². The molecule has 7 aromatic rings. The van der Waals surface area contributed by atoms with Gasteiger partial charge in [-0.2, -0.15) is 0 Å². The Kier molecular flexibility index (Phi) is 6.20. The highest BCUT2D eigenvalue weighted by atomic mass is 15.1. The van der Waals surface area contributed by atoms with Crippen LogP contribution in [0.1, 0.15) is 25.0 Å². The maximum atomic E-state index is 2.44. The van der Waals surface area contributed by atoms with Gasteiger partial charge in [0.15, 0.2) is 0 Å².